The smallest absolute Gasteiger partial charge is 0.270 e. The van der Waals surface area contributed by atoms with Gasteiger partial charge in [0.2, 0.25) is 0 Å². The van der Waals surface area contributed by atoms with E-state index in [1.807, 2.05) is 0 Å². The summed E-state index contributed by atoms with van der Waals surface area (Å²) < 4.78 is 5.28. The second kappa shape index (κ2) is 4.71. The van der Waals surface area contributed by atoms with Gasteiger partial charge in [-0.2, -0.15) is 0 Å². The van der Waals surface area contributed by atoms with Crippen LogP contribution in [0.3, 0.4) is 0 Å². The van der Waals surface area contributed by atoms with Crippen molar-refractivity contribution in [2.24, 2.45) is 5.92 Å². The van der Waals surface area contributed by atoms with E-state index in [1.54, 1.807) is 12.3 Å². The standard InChI is InChI=1S/C17H18ClN3O2/c18-12-9-23-14-8-19-13(7-11(12)14)16(22)20-15-10-1-5-21(6-2-10)17(15)3-4-17/h7-10,15H,1-6H2,(H,20,22)/t15-/m1/s1. The molecule has 1 spiro atoms. The summed E-state index contributed by atoms with van der Waals surface area (Å²) in [5.74, 6) is 0.502. The van der Waals surface area contributed by atoms with Gasteiger partial charge >= 0.3 is 0 Å². The molecule has 120 valence electrons. The Kier molecular flexibility index (Phi) is 2.83. The molecule has 5 nitrogen and oxygen atoms in total. The summed E-state index contributed by atoms with van der Waals surface area (Å²) in [6.45, 7) is 2.37. The van der Waals surface area contributed by atoms with E-state index in [4.69, 9.17) is 16.0 Å². The number of piperidine rings is 3. The van der Waals surface area contributed by atoms with Crippen LogP contribution < -0.4 is 5.32 Å². The molecule has 4 fully saturated rings. The maximum Gasteiger partial charge on any atom is 0.270 e. The van der Waals surface area contributed by atoms with Gasteiger partial charge in [0.25, 0.3) is 5.91 Å². The maximum absolute atomic E-state index is 12.7. The fourth-order valence-electron chi connectivity index (χ4n) is 4.56. The first-order valence-electron chi connectivity index (χ1n) is 8.26. The van der Waals surface area contributed by atoms with Crippen LogP contribution in [-0.4, -0.2) is 40.5 Å². The van der Waals surface area contributed by atoms with Crippen LogP contribution in [0.5, 0.6) is 0 Å². The van der Waals surface area contributed by atoms with Crippen LogP contribution in [0, 0.1) is 5.92 Å². The van der Waals surface area contributed by atoms with Gasteiger partial charge in [-0.25, -0.2) is 4.98 Å². The monoisotopic (exact) mass is 331 g/mol. The largest absolute Gasteiger partial charge is 0.461 e. The number of amides is 1. The first kappa shape index (κ1) is 13.8. The quantitative estimate of drug-likeness (QED) is 0.919. The number of rotatable bonds is 2. The number of aromatic nitrogens is 1. The molecule has 3 saturated heterocycles. The SMILES string of the molecule is O=C(N[C@@H]1C2CCN(CC2)C12CC2)c1cc2c(Cl)coc2cn1. The van der Waals surface area contributed by atoms with E-state index in [0.717, 1.165) is 5.39 Å². The minimum atomic E-state index is -0.103. The van der Waals surface area contributed by atoms with E-state index in [9.17, 15) is 4.79 Å². The molecule has 3 aliphatic heterocycles. The Hall–Kier alpha value is -1.59. The number of hydrogen-bond acceptors (Lipinski definition) is 4. The van der Waals surface area contributed by atoms with E-state index in [-0.39, 0.29) is 17.5 Å². The molecule has 5 heterocycles. The zero-order chi connectivity index (χ0) is 15.6. The lowest BCUT2D eigenvalue weighted by molar-refractivity contribution is -0.00152. The normalized spacial score (nSPS) is 30.7. The molecule has 1 atom stereocenters. The Morgan fingerprint density at radius 2 is 2.17 bits per heavy atom. The van der Waals surface area contributed by atoms with Crippen LogP contribution in [0.15, 0.2) is 22.9 Å². The van der Waals surface area contributed by atoms with Gasteiger partial charge in [0.05, 0.1) is 17.3 Å². The van der Waals surface area contributed by atoms with E-state index in [0.29, 0.717) is 22.2 Å². The molecule has 1 amide bonds. The Morgan fingerprint density at radius 1 is 1.39 bits per heavy atom. The van der Waals surface area contributed by atoms with Crippen LogP contribution in [-0.2, 0) is 0 Å². The van der Waals surface area contributed by atoms with Crippen LogP contribution in [0.2, 0.25) is 5.02 Å². The Labute approximate surface area is 139 Å². The average molecular weight is 332 g/mol. The van der Waals surface area contributed by atoms with Gasteiger partial charge in [0.1, 0.15) is 12.0 Å². The number of pyridine rings is 1. The van der Waals surface area contributed by atoms with Crippen molar-refractivity contribution >= 4 is 28.5 Å². The van der Waals surface area contributed by atoms with Gasteiger partial charge in [-0.3, -0.25) is 9.69 Å². The van der Waals surface area contributed by atoms with Crippen molar-refractivity contribution in [2.45, 2.75) is 37.3 Å². The number of fused-ring (bicyclic) bond motifs is 3. The lowest BCUT2D eigenvalue weighted by atomic mass is 9.77. The molecular weight excluding hydrogens is 314 g/mol. The molecule has 0 aromatic carbocycles. The van der Waals surface area contributed by atoms with Gasteiger partial charge in [-0.05, 0) is 50.8 Å². The number of furan rings is 1. The third-order valence-electron chi connectivity index (χ3n) is 5.92. The summed E-state index contributed by atoms with van der Waals surface area (Å²) in [4.78, 5) is 19.5. The predicted octanol–water partition coefficient (Wildman–Crippen LogP) is 2.84. The summed E-state index contributed by atoms with van der Waals surface area (Å²) in [7, 11) is 0. The van der Waals surface area contributed by atoms with Crippen molar-refractivity contribution in [3.05, 3.63) is 29.2 Å². The highest BCUT2D eigenvalue weighted by Gasteiger charge is 2.60. The average Bonchev–Trinajstić information content (AvgIpc) is 3.28. The topological polar surface area (TPSA) is 58.4 Å². The molecular formula is C17H18ClN3O2. The summed E-state index contributed by atoms with van der Waals surface area (Å²) in [6.07, 6.45) is 7.82. The first-order valence-corrected chi connectivity index (χ1v) is 8.64. The highest BCUT2D eigenvalue weighted by Crippen LogP contribution is 2.53. The molecule has 2 aromatic heterocycles. The second-order valence-electron chi connectivity index (χ2n) is 7.03. The Morgan fingerprint density at radius 3 is 2.91 bits per heavy atom. The lowest BCUT2D eigenvalue weighted by Crippen LogP contribution is -2.65. The second-order valence-corrected chi connectivity index (χ2v) is 7.44. The van der Waals surface area contributed by atoms with Gasteiger partial charge < -0.3 is 9.73 Å². The fourth-order valence-corrected chi connectivity index (χ4v) is 4.75. The van der Waals surface area contributed by atoms with E-state index in [1.165, 1.54) is 45.0 Å². The third kappa shape index (κ3) is 1.96. The predicted molar refractivity (Wildman–Crippen MR) is 86.5 cm³/mol. The van der Waals surface area contributed by atoms with Gasteiger partial charge in [0, 0.05) is 10.9 Å². The molecule has 1 saturated carbocycles. The number of hydrogen-bond donors (Lipinski definition) is 1. The van der Waals surface area contributed by atoms with Gasteiger partial charge in [-0.15, -0.1) is 0 Å². The molecule has 0 radical (unpaired) electrons. The molecule has 6 rings (SSSR count). The van der Waals surface area contributed by atoms with Crippen LogP contribution in [0.4, 0.5) is 0 Å². The zero-order valence-electron chi connectivity index (χ0n) is 12.7. The number of carbonyl (C=O) groups is 1. The van der Waals surface area contributed by atoms with Crippen LogP contribution >= 0.6 is 11.6 Å². The molecule has 4 aliphatic rings. The highest BCUT2D eigenvalue weighted by molar-refractivity contribution is 6.35. The Bertz CT molecular complexity index is 790. The Balaban J connectivity index is 1.43. The van der Waals surface area contributed by atoms with Crippen molar-refractivity contribution in [3.63, 3.8) is 0 Å². The molecule has 6 heteroatoms. The van der Waals surface area contributed by atoms with Gasteiger partial charge in [-0.1, -0.05) is 11.6 Å². The molecule has 23 heavy (non-hydrogen) atoms. The molecule has 0 unspecified atom stereocenters. The zero-order valence-corrected chi connectivity index (χ0v) is 13.5. The van der Waals surface area contributed by atoms with Gasteiger partial charge in [0.15, 0.2) is 5.58 Å². The van der Waals surface area contributed by atoms with Crippen molar-refractivity contribution in [2.75, 3.05) is 13.1 Å². The van der Waals surface area contributed by atoms with Crippen LogP contribution in [0.25, 0.3) is 11.0 Å². The molecule has 2 bridgehead atoms. The van der Waals surface area contributed by atoms with Crippen molar-refractivity contribution < 1.29 is 9.21 Å². The third-order valence-corrected chi connectivity index (χ3v) is 6.21. The van der Waals surface area contributed by atoms with Crippen molar-refractivity contribution in [1.82, 2.24) is 15.2 Å². The van der Waals surface area contributed by atoms with Crippen LogP contribution in [0.1, 0.15) is 36.2 Å². The summed E-state index contributed by atoms with van der Waals surface area (Å²) >= 11 is 6.09. The van der Waals surface area contributed by atoms with Crippen molar-refractivity contribution in [1.29, 1.82) is 0 Å². The number of halogens is 1. The number of nitrogens with zero attached hydrogens (tertiary/aromatic N) is 2. The summed E-state index contributed by atoms with van der Waals surface area (Å²) in [6, 6.07) is 1.98. The van der Waals surface area contributed by atoms with E-state index in [2.05, 4.69) is 15.2 Å². The summed E-state index contributed by atoms with van der Waals surface area (Å²) in [5, 5.41) is 4.53. The molecule has 1 aliphatic carbocycles. The highest BCUT2D eigenvalue weighted by atomic mass is 35.5. The molecule has 1 N–H and O–H groups in total. The fraction of sp³-hybridized carbons (Fsp3) is 0.529. The summed E-state index contributed by atoms with van der Waals surface area (Å²) in [5.41, 5.74) is 1.25. The molecule has 2 aromatic rings. The van der Waals surface area contributed by atoms with E-state index < -0.39 is 0 Å². The minimum absolute atomic E-state index is 0.103. The number of nitrogens with one attached hydrogen (secondary N) is 1. The first-order chi connectivity index (χ1) is 11.2. The lowest BCUT2D eigenvalue weighted by Gasteiger charge is -2.52. The number of carbonyl (C=O) groups excluding carboxylic acids is 1. The minimum Gasteiger partial charge on any atom is -0.461 e. The van der Waals surface area contributed by atoms with Crippen molar-refractivity contribution in [3.8, 4) is 0 Å². The maximum atomic E-state index is 12.7. The van der Waals surface area contributed by atoms with E-state index >= 15 is 0 Å².